The lowest BCUT2D eigenvalue weighted by Crippen LogP contribution is -2.15. The normalized spacial score (nSPS) is 15.5. The molecule has 2 aromatic heterocycles. The second kappa shape index (κ2) is 3.93. The minimum Gasteiger partial charge on any atom is -0.224 e. The number of nitrogens with zero attached hydrogens (tertiary/aromatic N) is 5. The molecule has 0 atom stereocenters. The molecule has 0 radical (unpaired) electrons. The van der Waals surface area contributed by atoms with E-state index in [1.54, 1.807) is 4.68 Å². The van der Waals surface area contributed by atoms with Gasteiger partial charge in [0.25, 0.3) is 0 Å². The van der Waals surface area contributed by atoms with Crippen LogP contribution in [-0.4, -0.2) is 20.0 Å². The Morgan fingerprint density at radius 2 is 2.35 bits per heavy atom. The quantitative estimate of drug-likeness (QED) is 0.813. The molecular formula is C11H11N5S. The second-order valence-electron chi connectivity index (χ2n) is 4.25. The van der Waals surface area contributed by atoms with Gasteiger partial charge < -0.3 is 0 Å². The number of nitriles is 1. The molecule has 3 rings (SSSR count). The molecule has 0 aliphatic heterocycles. The first kappa shape index (κ1) is 10.4. The van der Waals surface area contributed by atoms with E-state index in [2.05, 4.69) is 21.4 Å². The Balaban J connectivity index is 2.10. The first-order valence-electron chi connectivity index (χ1n) is 5.58. The second-order valence-corrected chi connectivity index (χ2v) is 5.08. The van der Waals surface area contributed by atoms with Gasteiger partial charge >= 0.3 is 0 Å². The molecule has 0 spiro atoms. The van der Waals surface area contributed by atoms with Crippen LogP contribution in [0.3, 0.4) is 0 Å². The fourth-order valence-electron chi connectivity index (χ4n) is 2.00. The zero-order chi connectivity index (χ0) is 11.8. The summed E-state index contributed by atoms with van der Waals surface area (Å²) in [6.07, 6.45) is 3.45. The van der Waals surface area contributed by atoms with Gasteiger partial charge in [-0.25, -0.2) is 4.98 Å². The number of hydrogen-bond acceptors (Lipinski definition) is 5. The third-order valence-corrected chi connectivity index (χ3v) is 4.02. The van der Waals surface area contributed by atoms with Gasteiger partial charge in [-0.05, 0) is 19.8 Å². The molecule has 0 N–H and O–H groups in total. The van der Waals surface area contributed by atoms with Crippen molar-refractivity contribution in [2.45, 2.75) is 32.1 Å². The highest BCUT2D eigenvalue weighted by Crippen LogP contribution is 2.38. The monoisotopic (exact) mass is 245 g/mol. The first-order valence-corrected chi connectivity index (χ1v) is 6.45. The summed E-state index contributed by atoms with van der Waals surface area (Å²) in [6.45, 7) is 1.95. The van der Waals surface area contributed by atoms with Crippen molar-refractivity contribution in [2.75, 3.05) is 0 Å². The van der Waals surface area contributed by atoms with E-state index in [1.165, 1.54) is 17.8 Å². The van der Waals surface area contributed by atoms with Gasteiger partial charge in [-0.2, -0.15) is 9.94 Å². The minimum absolute atomic E-state index is 0.420. The molecular weight excluding hydrogens is 234 g/mol. The van der Waals surface area contributed by atoms with Crippen LogP contribution in [0.1, 0.15) is 42.3 Å². The maximum atomic E-state index is 9.07. The molecule has 1 fully saturated rings. The molecule has 86 valence electrons. The summed E-state index contributed by atoms with van der Waals surface area (Å²) in [4.78, 5) is 4.40. The van der Waals surface area contributed by atoms with E-state index in [4.69, 9.17) is 5.26 Å². The first-order chi connectivity index (χ1) is 8.29. The Hall–Kier alpha value is -1.74. The van der Waals surface area contributed by atoms with Crippen LogP contribution < -0.4 is 0 Å². The van der Waals surface area contributed by atoms with Gasteiger partial charge in [-0.3, -0.25) is 0 Å². The Morgan fingerprint density at radius 1 is 1.53 bits per heavy atom. The molecule has 5 nitrogen and oxygen atoms in total. The summed E-state index contributed by atoms with van der Waals surface area (Å²) in [7, 11) is 0. The van der Waals surface area contributed by atoms with Crippen LogP contribution in [0.4, 0.5) is 0 Å². The van der Waals surface area contributed by atoms with Crippen LogP contribution in [0, 0.1) is 18.3 Å². The standard InChI is InChI=1S/C11H11N5S/c1-7-6-17-11(13-7)16-10(8-3-2-4-8)9(5-12)14-15-16/h6,8H,2-4H2,1H3. The highest BCUT2D eigenvalue weighted by atomic mass is 32.1. The predicted molar refractivity (Wildman–Crippen MR) is 63.1 cm³/mol. The van der Waals surface area contributed by atoms with E-state index in [9.17, 15) is 0 Å². The number of aryl methyl sites for hydroxylation is 1. The zero-order valence-corrected chi connectivity index (χ0v) is 10.2. The van der Waals surface area contributed by atoms with Crippen molar-refractivity contribution in [2.24, 2.45) is 0 Å². The van der Waals surface area contributed by atoms with Crippen LogP contribution >= 0.6 is 11.3 Å². The average molecular weight is 245 g/mol. The van der Waals surface area contributed by atoms with E-state index < -0.39 is 0 Å². The molecule has 0 aromatic carbocycles. The van der Waals surface area contributed by atoms with E-state index in [-0.39, 0.29) is 0 Å². The molecule has 1 aliphatic rings. The van der Waals surface area contributed by atoms with E-state index >= 15 is 0 Å². The van der Waals surface area contributed by atoms with Gasteiger partial charge in [0.2, 0.25) is 5.13 Å². The molecule has 1 saturated carbocycles. The lowest BCUT2D eigenvalue weighted by molar-refractivity contribution is 0.402. The molecule has 1 aliphatic carbocycles. The largest absolute Gasteiger partial charge is 0.224 e. The molecule has 0 amide bonds. The molecule has 0 unspecified atom stereocenters. The highest BCUT2D eigenvalue weighted by Gasteiger charge is 2.29. The number of thiazole rings is 1. The Labute approximate surface area is 103 Å². The molecule has 2 aromatic rings. The van der Waals surface area contributed by atoms with Crippen molar-refractivity contribution in [3.8, 4) is 11.2 Å². The lowest BCUT2D eigenvalue weighted by atomic mass is 9.82. The molecule has 6 heteroatoms. The lowest BCUT2D eigenvalue weighted by Gasteiger charge is -2.25. The summed E-state index contributed by atoms with van der Waals surface area (Å²) in [5.74, 6) is 0.420. The van der Waals surface area contributed by atoms with Crippen molar-refractivity contribution < 1.29 is 0 Å². The van der Waals surface area contributed by atoms with E-state index in [1.807, 2.05) is 12.3 Å². The summed E-state index contributed by atoms with van der Waals surface area (Å²) in [5, 5.41) is 19.9. The van der Waals surface area contributed by atoms with Crippen molar-refractivity contribution in [3.05, 3.63) is 22.5 Å². The van der Waals surface area contributed by atoms with Crippen molar-refractivity contribution in [1.82, 2.24) is 20.0 Å². The fourth-order valence-corrected chi connectivity index (χ4v) is 2.76. The van der Waals surface area contributed by atoms with Crippen molar-refractivity contribution in [3.63, 3.8) is 0 Å². The number of rotatable bonds is 2. The maximum Gasteiger partial charge on any atom is 0.212 e. The van der Waals surface area contributed by atoms with Crippen LogP contribution in [0.25, 0.3) is 5.13 Å². The highest BCUT2D eigenvalue weighted by molar-refractivity contribution is 7.12. The summed E-state index contributed by atoms with van der Waals surface area (Å²) in [6, 6.07) is 2.12. The Kier molecular flexibility index (Phi) is 2.41. The van der Waals surface area contributed by atoms with E-state index in [0.717, 1.165) is 29.4 Å². The number of aromatic nitrogens is 4. The Morgan fingerprint density at radius 3 is 2.88 bits per heavy atom. The number of hydrogen-bond donors (Lipinski definition) is 0. The van der Waals surface area contributed by atoms with Gasteiger partial charge in [-0.15, -0.1) is 16.4 Å². The van der Waals surface area contributed by atoms with Gasteiger partial charge in [0.05, 0.1) is 11.4 Å². The molecule has 0 saturated heterocycles. The average Bonchev–Trinajstić information content (AvgIpc) is 2.82. The Bertz CT molecular complexity index is 587. The molecule has 17 heavy (non-hydrogen) atoms. The summed E-state index contributed by atoms with van der Waals surface area (Å²) >= 11 is 1.53. The third-order valence-electron chi connectivity index (χ3n) is 3.09. The summed E-state index contributed by atoms with van der Waals surface area (Å²) < 4.78 is 1.74. The van der Waals surface area contributed by atoms with Gasteiger partial charge in [0.15, 0.2) is 5.69 Å². The fraction of sp³-hybridized carbons (Fsp3) is 0.455. The topological polar surface area (TPSA) is 67.4 Å². The molecule has 2 heterocycles. The predicted octanol–water partition coefficient (Wildman–Crippen LogP) is 2.17. The van der Waals surface area contributed by atoms with Crippen LogP contribution in [0.15, 0.2) is 5.38 Å². The maximum absolute atomic E-state index is 9.07. The molecule has 0 bridgehead atoms. The zero-order valence-electron chi connectivity index (χ0n) is 9.42. The van der Waals surface area contributed by atoms with Crippen LogP contribution in [0.2, 0.25) is 0 Å². The SMILES string of the molecule is Cc1csc(-n2nnc(C#N)c2C2CCC2)n1. The smallest absolute Gasteiger partial charge is 0.212 e. The summed E-state index contributed by atoms with van der Waals surface area (Å²) in [5.41, 5.74) is 2.36. The van der Waals surface area contributed by atoms with Crippen molar-refractivity contribution in [1.29, 1.82) is 5.26 Å². The minimum atomic E-state index is 0.420. The van der Waals surface area contributed by atoms with Crippen LogP contribution in [-0.2, 0) is 0 Å². The third kappa shape index (κ3) is 1.63. The van der Waals surface area contributed by atoms with Crippen molar-refractivity contribution >= 4 is 11.3 Å². The van der Waals surface area contributed by atoms with Gasteiger partial charge in [0, 0.05) is 11.3 Å². The van der Waals surface area contributed by atoms with Crippen LogP contribution in [0.5, 0.6) is 0 Å². The van der Waals surface area contributed by atoms with Gasteiger partial charge in [0.1, 0.15) is 6.07 Å². The van der Waals surface area contributed by atoms with Gasteiger partial charge in [-0.1, -0.05) is 11.6 Å². The van der Waals surface area contributed by atoms with E-state index in [0.29, 0.717) is 11.6 Å².